The lowest BCUT2D eigenvalue weighted by molar-refractivity contribution is -0.384. The van der Waals surface area contributed by atoms with Gasteiger partial charge in [0.1, 0.15) is 5.54 Å². The SMILES string of the molecule is Cl.O=C(O)[C@@]1(Cc2ccc([N+](=O)[O-])cc2)CCCN1. The zero-order valence-electron chi connectivity index (χ0n) is 10.2. The summed E-state index contributed by atoms with van der Waals surface area (Å²) in [6, 6.07) is 6.03. The van der Waals surface area contributed by atoms with Crippen LogP contribution in [0.4, 0.5) is 5.69 Å². The van der Waals surface area contributed by atoms with Crippen molar-refractivity contribution in [3.05, 3.63) is 39.9 Å². The summed E-state index contributed by atoms with van der Waals surface area (Å²) >= 11 is 0. The summed E-state index contributed by atoms with van der Waals surface area (Å²) in [4.78, 5) is 21.4. The van der Waals surface area contributed by atoms with Crippen molar-refractivity contribution in [1.29, 1.82) is 0 Å². The van der Waals surface area contributed by atoms with E-state index in [9.17, 15) is 20.0 Å². The van der Waals surface area contributed by atoms with Crippen LogP contribution in [0.2, 0.25) is 0 Å². The minimum Gasteiger partial charge on any atom is -0.480 e. The number of nitrogens with one attached hydrogen (secondary N) is 1. The Morgan fingerprint density at radius 2 is 2.05 bits per heavy atom. The van der Waals surface area contributed by atoms with Gasteiger partial charge in [-0.15, -0.1) is 12.4 Å². The van der Waals surface area contributed by atoms with Gasteiger partial charge in [-0.3, -0.25) is 14.9 Å². The summed E-state index contributed by atoms with van der Waals surface area (Å²) in [5.74, 6) is -0.863. The van der Waals surface area contributed by atoms with E-state index in [-0.39, 0.29) is 18.1 Å². The Bertz CT molecular complexity index is 469. The van der Waals surface area contributed by atoms with Gasteiger partial charge in [-0.2, -0.15) is 0 Å². The lowest BCUT2D eigenvalue weighted by Gasteiger charge is -2.24. The van der Waals surface area contributed by atoms with Crippen LogP contribution in [0.5, 0.6) is 0 Å². The van der Waals surface area contributed by atoms with Crippen LogP contribution in [0.25, 0.3) is 0 Å². The van der Waals surface area contributed by atoms with Gasteiger partial charge in [0.25, 0.3) is 5.69 Å². The van der Waals surface area contributed by atoms with E-state index in [1.54, 1.807) is 12.1 Å². The zero-order chi connectivity index (χ0) is 13.2. The van der Waals surface area contributed by atoms with Crippen molar-refractivity contribution in [1.82, 2.24) is 5.32 Å². The summed E-state index contributed by atoms with van der Waals surface area (Å²) < 4.78 is 0. The number of hydrogen-bond donors (Lipinski definition) is 2. The van der Waals surface area contributed by atoms with Gasteiger partial charge >= 0.3 is 5.97 Å². The van der Waals surface area contributed by atoms with E-state index in [2.05, 4.69) is 5.32 Å². The smallest absolute Gasteiger partial charge is 0.324 e. The van der Waals surface area contributed by atoms with Crippen LogP contribution in [0.3, 0.4) is 0 Å². The first kappa shape index (κ1) is 15.4. The Kier molecular flexibility index (Phi) is 4.85. The molecule has 1 aromatic carbocycles. The molecule has 7 heteroatoms. The number of nitro benzene ring substituents is 1. The highest BCUT2D eigenvalue weighted by Crippen LogP contribution is 2.25. The van der Waals surface area contributed by atoms with Crippen molar-refractivity contribution >= 4 is 24.1 Å². The third-order valence-corrected chi connectivity index (χ3v) is 3.31. The fourth-order valence-electron chi connectivity index (χ4n) is 2.30. The highest BCUT2D eigenvalue weighted by atomic mass is 35.5. The number of nitrogens with zero attached hydrogens (tertiary/aromatic N) is 1. The number of non-ortho nitro benzene ring substituents is 1. The van der Waals surface area contributed by atoms with Crippen LogP contribution < -0.4 is 5.32 Å². The number of nitro groups is 1. The monoisotopic (exact) mass is 286 g/mol. The maximum Gasteiger partial charge on any atom is 0.324 e. The van der Waals surface area contributed by atoms with Crippen LogP contribution in [0, 0.1) is 10.1 Å². The third-order valence-electron chi connectivity index (χ3n) is 3.31. The first-order valence-electron chi connectivity index (χ1n) is 5.75. The van der Waals surface area contributed by atoms with Crippen molar-refractivity contribution in [3.8, 4) is 0 Å². The van der Waals surface area contributed by atoms with Crippen molar-refractivity contribution in [2.45, 2.75) is 24.8 Å². The van der Waals surface area contributed by atoms with Gasteiger partial charge < -0.3 is 10.4 Å². The van der Waals surface area contributed by atoms with E-state index >= 15 is 0 Å². The number of benzene rings is 1. The minimum atomic E-state index is -0.921. The molecule has 1 atom stereocenters. The second kappa shape index (κ2) is 5.99. The van der Waals surface area contributed by atoms with E-state index in [0.717, 1.165) is 12.0 Å². The molecular weight excluding hydrogens is 272 g/mol. The number of rotatable bonds is 4. The van der Waals surface area contributed by atoms with Gasteiger partial charge in [0.2, 0.25) is 0 Å². The molecule has 0 radical (unpaired) electrons. The molecule has 6 nitrogen and oxygen atoms in total. The largest absolute Gasteiger partial charge is 0.480 e. The Labute approximate surface area is 116 Å². The van der Waals surface area contributed by atoms with Crippen molar-refractivity contribution in [3.63, 3.8) is 0 Å². The quantitative estimate of drug-likeness (QED) is 0.650. The predicted molar refractivity (Wildman–Crippen MR) is 71.7 cm³/mol. The molecule has 2 N–H and O–H groups in total. The summed E-state index contributed by atoms with van der Waals surface area (Å²) in [6.07, 6.45) is 1.76. The molecule has 0 amide bonds. The summed E-state index contributed by atoms with van der Waals surface area (Å²) in [5, 5.41) is 22.8. The van der Waals surface area contributed by atoms with Crippen molar-refractivity contribution in [2.75, 3.05) is 6.54 Å². The maximum absolute atomic E-state index is 11.3. The molecule has 1 fully saturated rings. The van der Waals surface area contributed by atoms with E-state index in [0.29, 0.717) is 19.4 Å². The molecule has 0 spiro atoms. The molecule has 1 saturated heterocycles. The Balaban J connectivity index is 0.00000180. The van der Waals surface area contributed by atoms with Crippen molar-refractivity contribution in [2.24, 2.45) is 0 Å². The molecule has 1 heterocycles. The highest BCUT2D eigenvalue weighted by Gasteiger charge is 2.40. The Hall–Kier alpha value is -1.66. The van der Waals surface area contributed by atoms with Gasteiger partial charge in [0.15, 0.2) is 0 Å². The van der Waals surface area contributed by atoms with Gasteiger partial charge in [-0.1, -0.05) is 12.1 Å². The molecule has 0 saturated carbocycles. The zero-order valence-corrected chi connectivity index (χ0v) is 11.0. The van der Waals surface area contributed by atoms with Crippen LogP contribution in [-0.4, -0.2) is 28.1 Å². The van der Waals surface area contributed by atoms with E-state index in [1.165, 1.54) is 12.1 Å². The maximum atomic E-state index is 11.3. The second-order valence-corrected chi connectivity index (χ2v) is 4.52. The minimum absolute atomic E-state index is 0. The van der Waals surface area contributed by atoms with Crippen LogP contribution in [0.15, 0.2) is 24.3 Å². The molecule has 19 heavy (non-hydrogen) atoms. The van der Waals surface area contributed by atoms with Crippen LogP contribution in [-0.2, 0) is 11.2 Å². The van der Waals surface area contributed by atoms with E-state index in [1.807, 2.05) is 0 Å². The lowest BCUT2D eigenvalue weighted by atomic mass is 9.89. The molecule has 1 aromatic rings. The average Bonchev–Trinajstić information content (AvgIpc) is 2.79. The molecule has 1 aliphatic rings. The van der Waals surface area contributed by atoms with E-state index in [4.69, 9.17) is 0 Å². The molecule has 2 rings (SSSR count). The first-order chi connectivity index (χ1) is 8.53. The first-order valence-corrected chi connectivity index (χ1v) is 5.75. The molecule has 0 aromatic heterocycles. The molecule has 1 aliphatic heterocycles. The Morgan fingerprint density at radius 1 is 1.42 bits per heavy atom. The normalized spacial score (nSPS) is 21.7. The topological polar surface area (TPSA) is 92.5 Å². The average molecular weight is 287 g/mol. The van der Waals surface area contributed by atoms with Gasteiger partial charge in [-0.05, 0) is 24.9 Å². The molecule has 0 unspecified atom stereocenters. The van der Waals surface area contributed by atoms with Gasteiger partial charge in [0.05, 0.1) is 4.92 Å². The van der Waals surface area contributed by atoms with Gasteiger partial charge in [0, 0.05) is 18.6 Å². The standard InChI is InChI=1S/C12H14N2O4.ClH/c15-11(16)12(6-1-7-13-12)8-9-2-4-10(5-3-9)14(17)18;/h2-5,13H,1,6-8H2,(H,15,16);1H/t12-;/m0./s1. The predicted octanol–water partition coefficient (Wildman–Crippen LogP) is 1.77. The number of carboxylic acid groups (broad SMARTS) is 1. The lowest BCUT2D eigenvalue weighted by Crippen LogP contribution is -2.49. The summed E-state index contributed by atoms with van der Waals surface area (Å²) in [7, 11) is 0. The Morgan fingerprint density at radius 3 is 2.47 bits per heavy atom. The van der Waals surface area contributed by atoms with Crippen LogP contribution >= 0.6 is 12.4 Å². The summed E-state index contributed by atoms with van der Waals surface area (Å²) in [5.41, 5.74) is -0.115. The van der Waals surface area contributed by atoms with Crippen LogP contribution in [0.1, 0.15) is 18.4 Å². The molecule has 104 valence electrons. The number of carbonyl (C=O) groups is 1. The number of aliphatic carboxylic acids is 1. The third kappa shape index (κ3) is 3.21. The summed E-state index contributed by atoms with van der Waals surface area (Å²) in [6.45, 7) is 0.694. The number of carboxylic acids is 1. The van der Waals surface area contributed by atoms with E-state index < -0.39 is 16.4 Å². The van der Waals surface area contributed by atoms with Crippen molar-refractivity contribution < 1.29 is 14.8 Å². The second-order valence-electron chi connectivity index (χ2n) is 4.52. The number of hydrogen-bond acceptors (Lipinski definition) is 4. The molecule has 0 aliphatic carbocycles. The van der Waals surface area contributed by atoms with Gasteiger partial charge in [-0.25, -0.2) is 0 Å². The number of halogens is 1. The molecular formula is C12H15ClN2O4. The fourth-order valence-corrected chi connectivity index (χ4v) is 2.30. The highest BCUT2D eigenvalue weighted by molar-refractivity contribution is 5.85. The molecule has 0 bridgehead atoms. The fraction of sp³-hybridized carbons (Fsp3) is 0.417.